The molecule has 1 aromatic rings. The van der Waals surface area contributed by atoms with E-state index < -0.39 is 0 Å². The smallest absolute Gasteiger partial charge is 0.191 e. The van der Waals surface area contributed by atoms with E-state index in [0.29, 0.717) is 6.04 Å². The van der Waals surface area contributed by atoms with Crippen LogP contribution >= 0.6 is 11.3 Å². The van der Waals surface area contributed by atoms with Gasteiger partial charge in [-0.25, -0.2) is 4.98 Å². The first kappa shape index (κ1) is 17.2. The van der Waals surface area contributed by atoms with Crippen molar-refractivity contribution in [3.8, 4) is 0 Å². The molecule has 22 heavy (non-hydrogen) atoms. The van der Waals surface area contributed by atoms with Crippen LogP contribution in [0.15, 0.2) is 10.4 Å². The lowest BCUT2D eigenvalue weighted by molar-refractivity contribution is 0.253. The van der Waals surface area contributed by atoms with E-state index in [1.54, 1.807) is 11.3 Å². The molecular weight excluding hydrogens is 294 g/mol. The molecule has 0 aliphatic heterocycles. The van der Waals surface area contributed by atoms with Crippen LogP contribution in [-0.2, 0) is 6.42 Å². The van der Waals surface area contributed by atoms with Gasteiger partial charge in [-0.15, -0.1) is 11.3 Å². The lowest BCUT2D eigenvalue weighted by atomic mass is 10.3. The van der Waals surface area contributed by atoms with E-state index in [2.05, 4.69) is 46.8 Å². The molecule has 0 spiro atoms. The molecule has 0 aromatic carbocycles. The maximum absolute atomic E-state index is 4.72. The highest BCUT2D eigenvalue weighted by Gasteiger charge is 2.28. The molecule has 0 amide bonds. The van der Waals surface area contributed by atoms with Gasteiger partial charge in [0.15, 0.2) is 5.96 Å². The van der Waals surface area contributed by atoms with Crippen LogP contribution in [0.25, 0.3) is 0 Å². The van der Waals surface area contributed by atoms with Crippen LogP contribution in [0.2, 0.25) is 0 Å². The molecule has 1 heterocycles. The first-order valence-corrected chi connectivity index (χ1v) is 9.13. The third kappa shape index (κ3) is 5.57. The van der Waals surface area contributed by atoms with Gasteiger partial charge >= 0.3 is 0 Å². The summed E-state index contributed by atoms with van der Waals surface area (Å²) in [5.74, 6) is 0.908. The molecule has 0 saturated heterocycles. The molecule has 1 aliphatic carbocycles. The van der Waals surface area contributed by atoms with Crippen molar-refractivity contribution in [1.82, 2.24) is 20.5 Å². The Labute approximate surface area is 138 Å². The summed E-state index contributed by atoms with van der Waals surface area (Å²) in [7, 11) is 2.21. The zero-order valence-electron chi connectivity index (χ0n) is 14.2. The molecule has 5 nitrogen and oxygen atoms in total. The molecular formula is C16H29N5S. The first-order valence-electron chi connectivity index (χ1n) is 8.25. The maximum atomic E-state index is 4.72. The molecule has 2 N–H and O–H groups in total. The summed E-state index contributed by atoms with van der Waals surface area (Å²) >= 11 is 1.71. The summed E-state index contributed by atoms with van der Waals surface area (Å²) in [5.41, 5.74) is 1.16. The minimum atomic E-state index is 0.490. The second-order valence-corrected chi connectivity index (χ2v) is 7.06. The lowest BCUT2D eigenvalue weighted by Gasteiger charge is -2.23. The fourth-order valence-electron chi connectivity index (χ4n) is 2.37. The number of hydrogen-bond donors (Lipinski definition) is 2. The molecule has 0 bridgehead atoms. The van der Waals surface area contributed by atoms with Crippen molar-refractivity contribution in [3.05, 3.63) is 16.1 Å². The van der Waals surface area contributed by atoms with Gasteiger partial charge in [0, 0.05) is 37.0 Å². The molecule has 124 valence electrons. The van der Waals surface area contributed by atoms with Gasteiger partial charge in [-0.3, -0.25) is 9.89 Å². The molecule has 1 atom stereocenters. The van der Waals surface area contributed by atoms with E-state index in [1.165, 1.54) is 12.8 Å². The minimum Gasteiger partial charge on any atom is -0.357 e. The Morgan fingerprint density at radius 1 is 1.50 bits per heavy atom. The van der Waals surface area contributed by atoms with Gasteiger partial charge in [0.1, 0.15) is 0 Å². The number of aryl methyl sites for hydroxylation is 1. The van der Waals surface area contributed by atoms with Gasteiger partial charge in [0.2, 0.25) is 0 Å². The third-order valence-electron chi connectivity index (χ3n) is 4.02. The molecule has 1 aromatic heterocycles. The molecule has 1 saturated carbocycles. The van der Waals surface area contributed by atoms with Gasteiger partial charge < -0.3 is 10.6 Å². The van der Waals surface area contributed by atoms with Crippen molar-refractivity contribution in [2.75, 3.05) is 26.7 Å². The molecule has 6 heteroatoms. The van der Waals surface area contributed by atoms with Crippen molar-refractivity contribution in [1.29, 1.82) is 0 Å². The largest absolute Gasteiger partial charge is 0.357 e. The van der Waals surface area contributed by atoms with E-state index in [-0.39, 0.29) is 0 Å². The topological polar surface area (TPSA) is 52.6 Å². The zero-order chi connectivity index (χ0) is 15.9. The zero-order valence-corrected chi connectivity index (χ0v) is 15.0. The van der Waals surface area contributed by atoms with Crippen LogP contribution in [0, 0.1) is 6.92 Å². The van der Waals surface area contributed by atoms with Crippen molar-refractivity contribution in [2.24, 2.45) is 4.99 Å². The Morgan fingerprint density at radius 2 is 2.27 bits per heavy atom. The minimum absolute atomic E-state index is 0.490. The quantitative estimate of drug-likeness (QED) is 0.568. The highest BCUT2D eigenvalue weighted by molar-refractivity contribution is 7.09. The number of thiazole rings is 1. The van der Waals surface area contributed by atoms with Crippen molar-refractivity contribution < 1.29 is 0 Å². The highest BCUT2D eigenvalue weighted by Crippen LogP contribution is 2.26. The van der Waals surface area contributed by atoms with Crippen LogP contribution in [0.1, 0.15) is 37.4 Å². The normalized spacial score (nSPS) is 16.9. The molecule has 1 fully saturated rings. The SMILES string of the molecule is CCNC(=NCC(C)N(C)C1CC1)NCCc1csc(C)n1. The van der Waals surface area contributed by atoms with Crippen molar-refractivity contribution in [3.63, 3.8) is 0 Å². The summed E-state index contributed by atoms with van der Waals surface area (Å²) in [6, 6.07) is 1.28. The van der Waals surface area contributed by atoms with Gasteiger partial charge in [0.05, 0.1) is 17.2 Å². The lowest BCUT2D eigenvalue weighted by Crippen LogP contribution is -2.40. The summed E-state index contributed by atoms with van der Waals surface area (Å²) in [6.45, 7) is 8.98. The molecule has 0 radical (unpaired) electrons. The molecule has 1 aliphatic rings. The summed E-state index contributed by atoms with van der Waals surface area (Å²) in [5, 5.41) is 9.98. The van der Waals surface area contributed by atoms with Crippen LogP contribution in [0.5, 0.6) is 0 Å². The standard InChI is InChI=1S/C16H29N5S/c1-5-17-16(18-9-8-14-11-22-13(3)20-14)19-10-12(2)21(4)15-6-7-15/h11-12,15H,5-10H2,1-4H3,(H2,17,18,19). The van der Waals surface area contributed by atoms with E-state index in [4.69, 9.17) is 4.99 Å². The van der Waals surface area contributed by atoms with E-state index in [1.807, 2.05) is 6.92 Å². The third-order valence-corrected chi connectivity index (χ3v) is 4.84. The average Bonchev–Trinajstić information content (AvgIpc) is 3.27. The van der Waals surface area contributed by atoms with Gasteiger partial charge in [-0.1, -0.05) is 0 Å². The Kier molecular flexibility index (Phi) is 6.64. The maximum Gasteiger partial charge on any atom is 0.191 e. The highest BCUT2D eigenvalue weighted by atomic mass is 32.1. The number of aliphatic imine (C=N–C) groups is 1. The second-order valence-electron chi connectivity index (χ2n) is 6.00. The Balaban J connectivity index is 1.76. The predicted molar refractivity (Wildman–Crippen MR) is 94.8 cm³/mol. The number of nitrogens with zero attached hydrogens (tertiary/aromatic N) is 3. The molecule has 2 rings (SSSR count). The van der Waals surface area contributed by atoms with Crippen molar-refractivity contribution >= 4 is 17.3 Å². The number of guanidine groups is 1. The van der Waals surface area contributed by atoms with Gasteiger partial charge in [0.25, 0.3) is 0 Å². The number of hydrogen-bond acceptors (Lipinski definition) is 4. The first-order chi connectivity index (χ1) is 10.6. The van der Waals surface area contributed by atoms with Crippen molar-refractivity contribution in [2.45, 2.75) is 52.1 Å². The van der Waals surface area contributed by atoms with E-state index in [9.17, 15) is 0 Å². The number of aromatic nitrogens is 1. The van der Waals surface area contributed by atoms with Crippen LogP contribution in [-0.4, -0.2) is 54.6 Å². The Morgan fingerprint density at radius 3 is 2.86 bits per heavy atom. The van der Waals surface area contributed by atoms with Crippen LogP contribution in [0.4, 0.5) is 0 Å². The summed E-state index contributed by atoms with van der Waals surface area (Å²) < 4.78 is 0. The number of likely N-dealkylation sites (N-methyl/N-ethyl adjacent to an activating group) is 1. The second kappa shape index (κ2) is 8.48. The summed E-state index contributed by atoms with van der Waals surface area (Å²) in [6.07, 6.45) is 3.62. The van der Waals surface area contributed by atoms with Crippen LogP contribution in [0.3, 0.4) is 0 Å². The van der Waals surface area contributed by atoms with Gasteiger partial charge in [-0.05, 0) is 40.7 Å². The van der Waals surface area contributed by atoms with Crippen LogP contribution < -0.4 is 10.6 Å². The number of rotatable bonds is 8. The van der Waals surface area contributed by atoms with Gasteiger partial charge in [-0.2, -0.15) is 0 Å². The monoisotopic (exact) mass is 323 g/mol. The Hall–Kier alpha value is -1.14. The number of nitrogens with one attached hydrogen (secondary N) is 2. The predicted octanol–water partition coefficient (Wildman–Crippen LogP) is 2.03. The Bertz CT molecular complexity index is 481. The average molecular weight is 324 g/mol. The fraction of sp³-hybridized carbons (Fsp3) is 0.750. The van der Waals surface area contributed by atoms with E-state index >= 15 is 0 Å². The fourth-order valence-corrected chi connectivity index (χ4v) is 3.01. The summed E-state index contributed by atoms with van der Waals surface area (Å²) in [4.78, 5) is 11.7. The molecule has 1 unspecified atom stereocenters. The van der Waals surface area contributed by atoms with E-state index in [0.717, 1.165) is 48.8 Å².